The third-order valence-electron chi connectivity index (χ3n) is 2.24. The highest BCUT2D eigenvalue weighted by Crippen LogP contribution is 2.14. The van der Waals surface area contributed by atoms with Crippen LogP contribution in [0, 0.1) is 10.5 Å². The molecule has 0 heterocycles. The summed E-state index contributed by atoms with van der Waals surface area (Å²) in [5.41, 5.74) is 6.28. The van der Waals surface area contributed by atoms with Crippen molar-refractivity contribution >= 4 is 28.5 Å². The minimum Gasteiger partial charge on any atom is -0.346 e. The van der Waals surface area contributed by atoms with Crippen molar-refractivity contribution in [1.82, 2.24) is 5.32 Å². The summed E-state index contributed by atoms with van der Waals surface area (Å²) >= 11 is 2.09. The number of carbonyl (C=O) groups excluding carboxylic acids is 1. The maximum atomic E-state index is 12.8. The predicted octanol–water partition coefficient (Wildman–Crippen LogP) is 1.92. The van der Waals surface area contributed by atoms with Crippen molar-refractivity contribution in [3.63, 3.8) is 0 Å². The van der Waals surface area contributed by atoms with Crippen LogP contribution in [0.1, 0.15) is 15.9 Å². The van der Waals surface area contributed by atoms with E-state index in [1.807, 2.05) is 6.92 Å². The van der Waals surface area contributed by atoms with Crippen LogP contribution < -0.4 is 11.1 Å². The highest BCUT2D eigenvalue weighted by molar-refractivity contribution is 14.1. The quantitative estimate of drug-likeness (QED) is 0.812. The van der Waals surface area contributed by atoms with Crippen LogP contribution in [0.5, 0.6) is 0 Å². The van der Waals surface area contributed by atoms with Gasteiger partial charge in [-0.05, 0) is 47.2 Å². The van der Waals surface area contributed by atoms with Gasteiger partial charge in [-0.25, -0.2) is 8.78 Å². The molecule has 17 heavy (non-hydrogen) atoms. The normalized spacial score (nSPS) is 11.4. The van der Waals surface area contributed by atoms with Gasteiger partial charge in [-0.15, -0.1) is 0 Å². The first kappa shape index (κ1) is 14.3. The molecule has 0 aromatic heterocycles. The Morgan fingerprint density at radius 3 is 2.71 bits per heavy atom. The van der Waals surface area contributed by atoms with E-state index in [1.165, 1.54) is 0 Å². The molecule has 1 aromatic rings. The maximum Gasteiger partial charge on any atom is 0.277 e. The average Bonchev–Trinajstić information content (AvgIpc) is 2.30. The molecule has 0 atom stereocenters. The van der Waals surface area contributed by atoms with E-state index >= 15 is 0 Å². The molecule has 0 aliphatic rings. The first-order chi connectivity index (χ1) is 7.85. The number of hydrogen-bond acceptors (Lipinski definition) is 2. The van der Waals surface area contributed by atoms with Gasteiger partial charge in [0.1, 0.15) is 0 Å². The Kier molecular flexibility index (Phi) is 4.81. The number of amides is 1. The Bertz CT molecular complexity index is 424. The minimum absolute atomic E-state index is 0.368. The fraction of sp³-hybridized carbons (Fsp3) is 0.364. The number of halogens is 3. The molecular formula is C11H13F2IN2O. The van der Waals surface area contributed by atoms with Crippen LogP contribution in [0.3, 0.4) is 0 Å². The zero-order valence-corrected chi connectivity index (χ0v) is 11.4. The van der Waals surface area contributed by atoms with Crippen LogP contribution in [0.2, 0.25) is 0 Å². The van der Waals surface area contributed by atoms with E-state index in [2.05, 4.69) is 27.9 Å². The molecule has 0 spiro atoms. The standard InChI is InChI=1S/C11H13F2IN2O/c1-7-2-3-8(4-9(7)14)10(17)16-6-11(12,13)5-15/h2-4H,5-6,15H2,1H3,(H,16,17). The zero-order chi connectivity index (χ0) is 13.1. The summed E-state index contributed by atoms with van der Waals surface area (Å²) < 4.78 is 26.6. The van der Waals surface area contributed by atoms with Crippen LogP contribution >= 0.6 is 22.6 Å². The topological polar surface area (TPSA) is 55.1 Å². The van der Waals surface area contributed by atoms with Crippen LogP contribution in [0.4, 0.5) is 8.78 Å². The lowest BCUT2D eigenvalue weighted by atomic mass is 10.1. The van der Waals surface area contributed by atoms with E-state index < -0.39 is 24.9 Å². The largest absolute Gasteiger partial charge is 0.346 e. The van der Waals surface area contributed by atoms with Gasteiger partial charge < -0.3 is 11.1 Å². The smallest absolute Gasteiger partial charge is 0.277 e. The van der Waals surface area contributed by atoms with Crippen molar-refractivity contribution in [3.05, 3.63) is 32.9 Å². The van der Waals surface area contributed by atoms with Crippen molar-refractivity contribution in [2.75, 3.05) is 13.1 Å². The predicted molar refractivity (Wildman–Crippen MR) is 70.2 cm³/mol. The first-order valence-electron chi connectivity index (χ1n) is 4.98. The Labute approximate surface area is 112 Å². The molecule has 0 aliphatic heterocycles. The second-order valence-electron chi connectivity index (χ2n) is 3.71. The number of nitrogens with two attached hydrogens (primary N) is 1. The number of hydrogen-bond donors (Lipinski definition) is 2. The minimum atomic E-state index is -3.06. The summed E-state index contributed by atoms with van der Waals surface area (Å²) in [5, 5.41) is 2.16. The molecular weight excluding hydrogens is 341 g/mol. The van der Waals surface area contributed by atoms with E-state index in [0.717, 1.165) is 9.13 Å². The van der Waals surface area contributed by atoms with Gasteiger partial charge in [-0.3, -0.25) is 4.79 Å². The van der Waals surface area contributed by atoms with Crippen molar-refractivity contribution in [2.45, 2.75) is 12.8 Å². The van der Waals surface area contributed by atoms with Gasteiger partial charge in [0.25, 0.3) is 11.8 Å². The van der Waals surface area contributed by atoms with Gasteiger partial charge in [0.2, 0.25) is 0 Å². The van der Waals surface area contributed by atoms with Crippen molar-refractivity contribution < 1.29 is 13.6 Å². The SMILES string of the molecule is Cc1ccc(C(=O)NCC(F)(F)CN)cc1I. The van der Waals surface area contributed by atoms with Gasteiger partial charge in [0.05, 0.1) is 13.1 Å². The molecule has 0 saturated carbocycles. The molecule has 1 aromatic carbocycles. The number of carbonyl (C=O) groups is 1. The lowest BCUT2D eigenvalue weighted by Gasteiger charge is -2.14. The van der Waals surface area contributed by atoms with Gasteiger partial charge in [-0.2, -0.15) is 0 Å². The molecule has 1 rings (SSSR count). The summed E-state index contributed by atoms with van der Waals surface area (Å²) in [7, 11) is 0. The number of rotatable bonds is 4. The molecule has 0 unspecified atom stereocenters. The van der Waals surface area contributed by atoms with Crippen LogP contribution in [0.25, 0.3) is 0 Å². The molecule has 1 amide bonds. The number of benzene rings is 1. The molecule has 6 heteroatoms. The third-order valence-corrected chi connectivity index (χ3v) is 3.40. The van der Waals surface area contributed by atoms with E-state index in [4.69, 9.17) is 5.73 Å². The highest BCUT2D eigenvalue weighted by Gasteiger charge is 2.27. The summed E-state index contributed by atoms with van der Waals surface area (Å²) in [4.78, 5) is 11.6. The molecule has 0 saturated heterocycles. The fourth-order valence-corrected chi connectivity index (χ4v) is 1.63. The van der Waals surface area contributed by atoms with Gasteiger partial charge in [0, 0.05) is 9.13 Å². The van der Waals surface area contributed by atoms with E-state index in [0.29, 0.717) is 5.56 Å². The van der Waals surface area contributed by atoms with E-state index in [-0.39, 0.29) is 0 Å². The second-order valence-corrected chi connectivity index (χ2v) is 4.87. The summed E-state index contributed by atoms with van der Waals surface area (Å²) in [5.74, 6) is -3.58. The number of nitrogens with one attached hydrogen (secondary N) is 1. The average molecular weight is 354 g/mol. The maximum absolute atomic E-state index is 12.8. The highest BCUT2D eigenvalue weighted by atomic mass is 127. The van der Waals surface area contributed by atoms with E-state index in [1.54, 1.807) is 18.2 Å². The summed E-state index contributed by atoms with van der Waals surface area (Å²) in [6, 6.07) is 5.04. The lowest BCUT2D eigenvalue weighted by Crippen LogP contribution is -2.41. The molecule has 94 valence electrons. The number of aryl methyl sites for hydroxylation is 1. The Morgan fingerprint density at radius 2 is 2.18 bits per heavy atom. The van der Waals surface area contributed by atoms with Crippen molar-refractivity contribution in [3.8, 4) is 0 Å². The lowest BCUT2D eigenvalue weighted by molar-refractivity contribution is 0.0118. The molecule has 3 N–H and O–H groups in total. The number of alkyl halides is 2. The van der Waals surface area contributed by atoms with Crippen molar-refractivity contribution in [2.24, 2.45) is 5.73 Å². The van der Waals surface area contributed by atoms with Crippen LogP contribution in [-0.4, -0.2) is 24.9 Å². The second kappa shape index (κ2) is 5.72. The molecule has 3 nitrogen and oxygen atoms in total. The molecule has 0 bridgehead atoms. The van der Waals surface area contributed by atoms with Gasteiger partial charge >= 0.3 is 0 Å². The fourth-order valence-electron chi connectivity index (χ4n) is 1.12. The molecule has 0 radical (unpaired) electrons. The molecule has 0 fully saturated rings. The van der Waals surface area contributed by atoms with Crippen LogP contribution in [0.15, 0.2) is 18.2 Å². The van der Waals surface area contributed by atoms with E-state index in [9.17, 15) is 13.6 Å². The van der Waals surface area contributed by atoms with Gasteiger partial charge in [-0.1, -0.05) is 6.07 Å². The zero-order valence-electron chi connectivity index (χ0n) is 9.27. The van der Waals surface area contributed by atoms with Gasteiger partial charge in [0.15, 0.2) is 0 Å². The summed E-state index contributed by atoms with van der Waals surface area (Å²) in [6.45, 7) is 0.386. The monoisotopic (exact) mass is 354 g/mol. The first-order valence-corrected chi connectivity index (χ1v) is 6.06. The molecule has 0 aliphatic carbocycles. The summed E-state index contributed by atoms with van der Waals surface area (Å²) in [6.07, 6.45) is 0. The Morgan fingerprint density at radius 1 is 1.53 bits per heavy atom. The third kappa shape index (κ3) is 4.19. The van der Waals surface area contributed by atoms with Crippen LogP contribution in [-0.2, 0) is 0 Å². The Hall–Kier alpha value is -0.760. The van der Waals surface area contributed by atoms with Crippen molar-refractivity contribution in [1.29, 1.82) is 0 Å². The Balaban J connectivity index is 2.68.